The lowest BCUT2D eigenvalue weighted by molar-refractivity contribution is 0.770. The maximum Gasteiger partial charge on any atom is 0.145 e. The third-order valence-electron chi connectivity index (χ3n) is 11.5. The van der Waals surface area contributed by atoms with Gasteiger partial charge >= 0.3 is 0 Å². The van der Waals surface area contributed by atoms with E-state index in [-0.39, 0.29) is 0 Å². The zero-order chi connectivity index (χ0) is 37.1. The lowest BCUT2D eigenvalue weighted by Gasteiger charge is -2.35. The highest BCUT2D eigenvalue weighted by Gasteiger charge is 2.48. The molecule has 0 aliphatic heterocycles. The van der Waals surface area contributed by atoms with Crippen LogP contribution in [0.5, 0.6) is 0 Å². The van der Waals surface area contributed by atoms with E-state index in [1.54, 1.807) is 0 Å². The van der Waals surface area contributed by atoms with Crippen molar-refractivity contribution in [3.63, 3.8) is 0 Å². The topological polar surface area (TPSA) is 30.7 Å². The van der Waals surface area contributed by atoms with Crippen molar-refractivity contribution in [1.29, 1.82) is 0 Å². The minimum absolute atomic E-state index is 0.566. The van der Waals surface area contributed by atoms with Crippen molar-refractivity contribution in [1.82, 2.24) is 14.5 Å². The van der Waals surface area contributed by atoms with Crippen molar-refractivity contribution in [2.24, 2.45) is 0 Å². The van der Waals surface area contributed by atoms with E-state index in [4.69, 9.17) is 4.98 Å². The molecule has 0 amide bonds. The van der Waals surface area contributed by atoms with E-state index in [1.165, 1.54) is 50.1 Å². The largest absolute Gasteiger partial charge is 0.292 e. The molecule has 3 nitrogen and oxygen atoms in total. The van der Waals surface area contributed by atoms with Crippen LogP contribution < -0.4 is 0 Å². The standard InChI is InChI=1S/C53H35N3/c1-4-15-37(16-5-1)52-55-48-24-12-13-25-49(48)56(52)42-29-26-36(27-30-42)43-31-32-44(38-28-33-47-39(35-38)17-14-34-54-47)51-50(43)45-22-10-11-23-46(45)53(51,40-18-6-2-7-19-40)41-20-8-3-9-21-41/h1-35H. The molecule has 0 spiro atoms. The first kappa shape index (κ1) is 32.1. The van der Waals surface area contributed by atoms with Gasteiger partial charge in [0.1, 0.15) is 5.82 Å². The van der Waals surface area contributed by atoms with Crippen LogP contribution in [0.2, 0.25) is 0 Å². The van der Waals surface area contributed by atoms with Crippen LogP contribution in [-0.2, 0) is 5.41 Å². The number of nitrogens with zero attached hydrogens (tertiary/aromatic N) is 3. The highest BCUT2D eigenvalue weighted by Crippen LogP contribution is 2.60. The molecule has 0 saturated heterocycles. The van der Waals surface area contributed by atoms with Gasteiger partial charge in [0.25, 0.3) is 0 Å². The van der Waals surface area contributed by atoms with Crippen LogP contribution in [0.3, 0.4) is 0 Å². The SMILES string of the molecule is c1ccc(-c2nc3ccccc3n2-c2ccc(-c3ccc(-c4ccc5ncccc5c4)c4c3-c3ccccc3C4(c3ccccc3)c3ccccc3)cc2)cc1. The third-order valence-corrected chi connectivity index (χ3v) is 11.5. The number of pyridine rings is 1. The lowest BCUT2D eigenvalue weighted by Crippen LogP contribution is -2.29. The van der Waals surface area contributed by atoms with Crippen molar-refractivity contribution < 1.29 is 0 Å². The summed E-state index contributed by atoms with van der Waals surface area (Å²) in [4.78, 5) is 9.76. The van der Waals surface area contributed by atoms with E-state index in [0.29, 0.717) is 0 Å². The minimum Gasteiger partial charge on any atom is -0.292 e. The van der Waals surface area contributed by atoms with E-state index in [9.17, 15) is 0 Å². The second kappa shape index (κ2) is 12.9. The molecule has 0 radical (unpaired) electrons. The Morgan fingerprint density at radius 1 is 0.429 bits per heavy atom. The summed E-state index contributed by atoms with van der Waals surface area (Å²) in [5.74, 6) is 0.930. The fraction of sp³-hybridized carbons (Fsp3) is 0.0189. The molecule has 0 fully saturated rings. The molecule has 2 aromatic heterocycles. The average Bonchev–Trinajstić information content (AvgIpc) is 3.82. The van der Waals surface area contributed by atoms with Crippen molar-refractivity contribution in [2.75, 3.05) is 0 Å². The van der Waals surface area contributed by atoms with Gasteiger partial charge in [-0.2, -0.15) is 0 Å². The van der Waals surface area contributed by atoms with Gasteiger partial charge in [-0.3, -0.25) is 9.55 Å². The van der Waals surface area contributed by atoms with Gasteiger partial charge in [-0.15, -0.1) is 0 Å². The van der Waals surface area contributed by atoms with Gasteiger partial charge in [0.15, 0.2) is 0 Å². The molecule has 0 unspecified atom stereocenters. The zero-order valence-corrected chi connectivity index (χ0v) is 30.5. The molecule has 11 rings (SSSR count). The Balaban J connectivity index is 1.19. The van der Waals surface area contributed by atoms with Gasteiger partial charge in [-0.05, 0) is 98.1 Å². The first-order valence-electron chi connectivity index (χ1n) is 19.2. The Labute approximate surface area is 325 Å². The molecule has 0 N–H and O–H groups in total. The van der Waals surface area contributed by atoms with E-state index < -0.39 is 5.41 Å². The number of fused-ring (bicyclic) bond motifs is 5. The van der Waals surface area contributed by atoms with Gasteiger partial charge in [0.05, 0.1) is 22.0 Å². The predicted molar refractivity (Wildman–Crippen MR) is 230 cm³/mol. The second-order valence-corrected chi connectivity index (χ2v) is 14.5. The molecule has 0 saturated carbocycles. The molecule has 262 valence electrons. The first-order valence-corrected chi connectivity index (χ1v) is 19.2. The second-order valence-electron chi connectivity index (χ2n) is 14.5. The Kier molecular flexibility index (Phi) is 7.39. The van der Waals surface area contributed by atoms with Crippen LogP contribution in [0.15, 0.2) is 212 Å². The van der Waals surface area contributed by atoms with Gasteiger partial charge in [-0.1, -0.05) is 164 Å². The summed E-state index contributed by atoms with van der Waals surface area (Å²) in [6.45, 7) is 0. The summed E-state index contributed by atoms with van der Waals surface area (Å²) in [5.41, 5.74) is 17.0. The fourth-order valence-electron chi connectivity index (χ4n) is 9.16. The number of rotatable bonds is 6. The Hall–Kier alpha value is -7.36. The molecule has 2 heterocycles. The predicted octanol–water partition coefficient (Wildman–Crippen LogP) is 12.9. The quantitative estimate of drug-likeness (QED) is 0.172. The number of para-hydroxylation sites is 2. The van der Waals surface area contributed by atoms with Crippen molar-refractivity contribution in [2.45, 2.75) is 5.41 Å². The Bertz CT molecular complexity index is 3020. The van der Waals surface area contributed by atoms with Gasteiger partial charge in [0, 0.05) is 22.8 Å². The molecule has 10 aromatic rings. The van der Waals surface area contributed by atoms with Gasteiger partial charge in [0.2, 0.25) is 0 Å². The van der Waals surface area contributed by atoms with Crippen molar-refractivity contribution in [3.05, 3.63) is 235 Å². The highest BCUT2D eigenvalue weighted by molar-refractivity contribution is 6.01. The smallest absolute Gasteiger partial charge is 0.145 e. The Morgan fingerprint density at radius 2 is 1.07 bits per heavy atom. The fourth-order valence-corrected chi connectivity index (χ4v) is 9.16. The minimum atomic E-state index is -0.566. The number of hydrogen-bond acceptors (Lipinski definition) is 2. The van der Waals surface area contributed by atoms with E-state index >= 15 is 0 Å². The molecule has 1 aliphatic rings. The monoisotopic (exact) mass is 713 g/mol. The van der Waals surface area contributed by atoms with Crippen LogP contribution in [0.1, 0.15) is 22.3 Å². The summed E-state index contributed by atoms with van der Waals surface area (Å²) in [6.07, 6.45) is 1.87. The van der Waals surface area contributed by atoms with E-state index in [2.05, 4.69) is 210 Å². The van der Waals surface area contributed by atoms with E-state index in [0.717, 1.165) is 44.6 Å². The lowest BCUT2D eigenvalue weighted by atomic mass is 9.66. The summed E-state index contributed by atoms with van der Waals surface area (Å²) in [7, 11) is 0. The third kappa shape index (κ3) is 4.84. The maximum atomic E-state index is 5.10. The van der Waals surface area contributed by atoms with Gasteiger partial charge < -0.3 is 0 Å². The summed E-state index contributed by atoms with van der Waals surface area (Å²) in [5, 5.41) is 1.13. The summed E-state index contributed by atoms with van der Waals surface area (Å²) in [6, 6.07) is 74.6. The number of benzene rings is 8. The molecule has 8 aromatic carbocycles. The Morgan fingerprint density at radius 3 is 1.84 bits per heavy atom. The molecule has 0 atom stereocenters. The average molecular weight is 714 g/mol. The van der Waals surface area contributed by atoms with Crippen LogP contribution >= 0.6 is 0 Å². The number of hydrogen-bond donors (Lipinski definition) is 0. The molecule has 0 bridgehead atoms. The van der Waals surface area contributed by atoms with Crippen LogP contribution in [0.4, 0.5) is 0 Å². The highest BCUT2D eigenvalue weighted by atomic mass is 15.1. The molecule has 1 aliphatic carbocycles. The van der Waals surface area contributed by atoms with Crippen LogP contribution in [0.25, 0.3) is 72.4 Å². The number of aromatic nitrogens is 3. The zero-order valence-electron chi connectivity index (χ0n) is 30.5. The van der Waals surface area contributed by atoms with Gasteiger partial charge in [-0.25, -0.2) is 4.98 Å². The van der Waals surface area contributed by atoms with E-state index in [1.807, 2.05) is 12.3 Å². The summed E-state index contributed by atoms with van der Waals surface area (Å²) >= 11 is 0. The van der Waals surface area contributed by atoms with Crippen molar-refractivity contribution in [3.8, 4) is 50.5 Å². The number of imidazole rings is 1. The van der Waals surface area contributed by atoms with Crippen LogP contribution in [-0.4, -0.2) is 14.5 Å². The molecule has 3 heteroatoms. The normalized spacial score (nSPS) is 12.8. The maximum absolute atomic E-state index is 5.10. The van der Waals surface area contributed by atoms with Crippen molar-refractivity contribution >= 4 is 21.9 Å². The molecule has 56 heavy (non-hydrogen) atoms. The molecular weight excluding hydrogens is 679 g/mol. The summed E-state index contributed by atoms with van der Waals surface area (Å²) < 4.78 is 2.28. The first-order chi connectivity index (χ1) is 27.8. The molecular formula is C53H35N3. The van der Waals surface area contributed by atoms with Crippen LogP contribution in [0, 0.1) is 0 Å².